The monoisotopic (exact) mass is 222 g/mol. The minimum absolute atomic E-state index is 0.140. The van der Waals surface area contributed by atoms with E-state index in [1.807, 2.05) is 18.2 Å². The molecule has 0 saturated carbocycles. The zero-order chi connectivity index (χ0) is 12.0. The first-order valence-corrected chi connectivity index (χ1v) is 5.46. The molecule has 3 nitrogen and oxygen atoms in total. The van der Waals surface area contributed by atoms with Crippen LogP contribution in [0.1, 0.15) is 12.0 Å². The van der Waals surface area contributed by atoms with Gasteiger partial charge in [0, 0.05) is 5.56 Å². The van der Waals surface area contributed by atoms with Gasteiger partial charge in [-0.05, 0) is 0 Å². The highest BCUT2D eigenvalue weighted by molar-refractivity contribution is 5.69. The zero-order valence-corrected chi connectivity index (χ0v) is 10.3. The first kappa shape index (κ1) is 12.7. The van der Waals surface area contributed by atoms with Crippen molar-refractivity contribution in [1.29, 1.82) is 0 Å². The van der Waals surface area contributed by atoms with Gasteiger partial charge in [-0.3, -0.25) is 4.79 Å². The Labute approximate surface area is 97.2 Å². The second-order valence-corrected chi connectivity index (χ2v) is 4.63. The van der Waals surface area contributed by atoms with Crippen LogP contribution in [0.15, 0.2) is 30.3 Å². The van der Waals surface area contributed by atoms with Crippen molar-refractivity contribution in [2.75, 3.05) is 27.7 Å². The van der Waals surface area contributed by atoms with E-state index in [0.717, 1.165) is 17.6 Å². The van der Waals surface area contributed by atoms with E-state index < -0.39 is 0 Å². The predicted octanol–water partition coefficient (Wildman–Crippen LogP) is 1.83. The van der Waals surface area contributed by atoms with Gasteiger partial charge in [-0.25, -0.2) is 0 Å². The lowest BCUT2D eigenvalue weighted by atomic mass is 10.2. The molecule has 0 bridgehead atoms. The molecule has 0 atom stereocenters. The van der Waals surface area contributed by atoms with Crippen molar-refractivity contribution in [3.05, 3.63) is 35.9 Å². The van der Waals surface area contributed by atoms with Crippen LogP contribution < -0.4 is 0 Å². The highest BCUT2D eigenvalue weighted by atomic mass is 16.5. The number of ether oxygens (including phenoxy) is 1. The maximum atomic E-state index is 11.1. The van der Waals surface area contributed by atoms with Crippen LogP contribution in [0.4, 0.5) is 0 Å². The van der Waals surface area contributed by atoms with Crippen LogP contribution in [0, 0.1) is 0 Å². The number of esters is 1. The molecule has 1 rings (SSSR count). The maximum Gasteiger partial charge on any atom is 0.311 e. The van der Waals surface area contributed by atoms with Gasteiger partial charge in [-0.1, -0.05) is 30.3 Å². The van der Waals surface area contributed by atoms with E-state index in [0.29, 0.717) is 6.42 Å². The fourth-order valence-electron chi connectivity index (χ4n) is 1.65. The summed E-state index contributed by atoms with van der Waals surface area (Å²) in [4.78, 5) is 11.1. The summed E-state index contributed by atoms with van der Waals surface area (Å²) in [6.07, 6.45) is 0.469. The lowest BCUT2D eigenvalue weighted by Crippen LogP contribution is -2.40. The lowest BCUT2D eigenvalue weighted by Gasteiger charge is -2.29. The van der Waals surface area contributed by atoms with Crippen LogP contribution >= 0.6 is 0 Å². The van der Waals surface area contributed by atoms with Crippen LogP contribution in [0.2, 0.25) is 0 Å². The number of nitrogens with zero attached hydrogens (tertiary/aromatic N) is 1. The van der Waals surface area contributed by atoms with Gasteiger partial charge in [0.25, 0.3) is 0 Å². The number of quaternary nitrogens is 1. The highest BCUT2D eigenvalue weighted by Gasteiger charge is 2.17. The third kappa shape index (κ3) is 4.45. The Morgan fingerprint density at radius 3 is 2.44 bits per heavy atom. The largest absolute Gasteiger partial charge is 0.469 e. The normalized spacial score (nSPS) is 11.2. The molecule has 0 fully saturated rings. The Bertz CT molecular complexity index is 333. The first-order valence-electron chi connectivity index (χ1n) is 5.46. The topological polar surface area (TPSA) is 26.3 Å². The van der Waals surface area contributed by atoms with Gasteiger partial charge in [0.15, 0.2) is 0 Å². The Morgan fingerprint density at radius 2 is 1.88 bits per heavy atom. The fraction of sp³-hybridized carbons (Fsp3) is 0.462. The molecule has 0 amide bonds. The second kappa shape index (κ2) is 5.66. The molecule has 3 heteroatoms. The van der Waals surface area contributed by atoms with E-state index >= 15 is 0 Å². The average Bonchev–Trinajstić information content (AvgIpc) is 2.27. The molecule has 1 aromatic carbocycles. The molecule has 0 spiro atoms. The van der Waals surface area contributed by atoms with Gasteiger partial charge >= 0.3 is 5.97 Å². The van der Waals surface area contributed by atoms with Crippen LogP contribution in [0.5, 0.6) is 0 Å². The summed E-state index contributed by atoms with van der Waals surface area (Å²) in [6, 6.07) is 10.3. The van der Waals surface area contributed by atoms with Gasteiger partial charge in [-0.15, -0.1) is 0 Å². The molecule has 0 aliphatic carbocycles. The zero-order valence-electron chi connectivity index (χ0n) is 10.3. The molecule has 16 heavy (non-hydrogen) atoms. The Morgan fingerprint density at radius 1 is 1.25 bits per heavy atom. The Balaban J connectivity index is 2.48. The van der Waals surface area contributed by atoms with Crippen LogP contribution in [-0.4, -0.2) is 38.2 Å². The van der Waals surface area contributed by atoms with Crippen molar-refractivity contribution < 1.29 is 14.0 Å². The molecule has 0 aliphatic heterocycles. The third-order valence-electron chi connectivity index (χ3n) is 2.60. The molecule has 88 valence electrons. The molecule has 0 saturated heterocycles. The Kier molecular flexibility index (Phi) is 4.50. The standard InChI is InChI=1S/C13H20NO2/c1-14(2,10-9-13(15)16-3)11-12-7-5-4-6-8-12/h4-8H,9-11H2,1-3H3/q+1. The lowest BCUT2D eigenvalue weighted by molar-refractivity contribution is -0.903. The summed E-state index contributed by atoms with van der Waals surface area (Å²) >= 11 is 0. The van der Waals surface area contributed by atoms with Crippen LogP contribution in [0.25, 0.3) is 0 Å². The molecule has 0 heterocycles. The van der Waals surface area contributed by atoms with Crippen LogP contribution in [0.3, 0.4) is 0 Å². The molecule has 1 aromatic rings. The average molecular weight is 222 g/mol. The summed E-state index contributed by atoms with van der Waals surface area (Å²) in [6.45, 7) is 1.72. The summed E-state index contributed by atoms with van der Waals surface area (Å²) in [5.41, 5.74) is 1.29. The van der Waals surface area contributed by atoms with Crippen molar-refractivity contribution in [3.8, 4) is 0 Å². The molecule has 0 aromatic heterocycles. The van der Waals surface area contributed by atoms with E-state index in [1.54, 1.807) is 0 Å². The molecule has 0 radical (unpaired) electrons. The summed E-state index contributed by atoms with van der Waals surface area (Å²) in [5.74, 6) is -0.140. The molecular weight excluding hydrogens is 202 g/mol. The molecule has 0 unspecified atom stereocenters. The van der Waals surface area contributed by atoms with Gasteiger partial charge in [0.05, 0.1) is 34.2 Å². The minimum atomic E-state index is -0.140. The quantitative estimate of drug-likeness (QED) is 0.561. The number of hydrogen-bond acceptors (Lipinski definition) is 2. The van der Waals surface area contributed by atoms with E-state index in [4.69, 9.17) is 0 Å². The fourth-order valence-corrected chi connectivity index (χ4v) is 1.65. The van der Waals surface area contributed by atoms with E-state index in [2.05, 4.69) is 31.0 Å². The van der Waals surface area contributed by atoms with Gasteiger partial charge < -0.3 is 9.22 Å². The van der Waals surface area contributed by atoms with Crippen molar-refractivity contribution in [1.82, 2.24) is 0 Å². The molecule has 0 N–H and O–H groups in total. The van der Waals surface area contributed by atoms with E-state index in [1.165, 1.54) is 12.7 Å². The number of carbonyl (C=O) groups is 1. The summed E-state index contributed by atoms with van der Waals surface area (Å²) in [5, 5.41) is 0. The van der Waals surface area contributed by atoms with Crippen molar-refractivity contribution in [2.24, 2.45) is 0 Å². The smallest absolute Gasteiger partial charge is 0.311 e. The van der Waals surface area contributed by atoms with Gasteiger partial charge in [0.2, 0.25) is 0 Å². The Hall–Kier alpha value is -1.35. The van der Waals surface area contributed by atoms with Crippen molar-refractivity contribution in [2.45, 2.75) is 13.0 Å². The van der Waals surface area contributed by atoms with Crippen molar-refractivity contribution >= 4 is 5.97 Å². The predicted molar refractivity (Wildman–Crippen MR) is 63.8 cm³/mol. The summed E-state index contributed by atoms with van der Waals surface area (Å²) < 4.78 is 5.44. The number of benzene rings is 1. The maximum absolute atomic E-state index is 11.1. The molecular formula is C13H20NO2+. The summed E-state index contributed by atoms with van der Waals surface area (Å²) in [7, 11) is 5.67. The third-order valence-corrected chi connectivity index (χ3v) is 2.60. The first-order chi connectivity index (χ1) is 7.53. The second-order valence-electron chi connectivity index (χ2n) is 4.63. The molecule has 0 aliphatic rings. The number of rotatable bonds is 5. The number of carbonyl (C=O) groups excluding carboxylic acids is 1. The number of hydrogen-bond donors (Lipinski definition) is 0. The number of methoxy groups -OCH3 is 1. The SMILES string of the molecule is COC(=O)CC[N+](C)(C)Cc1ccccc1. The van der Waals surface area contributed by atoms with Crippen molar-refractivity contribution in [3.63, 3.8) is 0 Å². The van der Waals surface area contributed by atoms with Crippen LogP contribution in [-0.2, 0) is 16.1 Å². The van der Waals surface area contributed by atoms with E-state index in [-0.39, 0.29) is 5.97 Å². The minimum Gasteiger partial charge on any atom is -0.469 e. The van der Waals surface area contributed by atoms with E-state index in [9.17, 15) is 4.79 Å². The van der Waals surface area contributed by atoms with Gasteiger partial charge in [-0.2, -0.15) is 0 Å². The highest BCUT2D eigenvalue weighted by Crippen LogP contribution is 2.09. The van der Waals surface area contributed by atoms with Gasteiger partial charge in [0.1, 0.15) is 6.54 Å².